The number of phosphoric ester groups is 3. The predicted molar refractivity (Wildman–Crippen MR) is 132 cm³/mol. The van der Waals surface area contributed by atoms with Gasteiger partial charge in [0.15, 0.2) is 0 Å². The molecule has 0 spiro atoms. The summed E-state index contributed by atoms with van der Waals surface area (Å²) in [5.74, 6) is 0. The lowest BCUT2D eigenvalue weighted by Crippen LogP contribution is -1.93. The molecule has 0 radical (unpaired) electrons. The molecule has 240 valence electrons. The quantitative estimate of drug-likeness (QED) is 0.155. The Kier molecular flexibility index (Phi) is 42.8. The van der Waals surface area contributed by atoms with Gasteiger partial charge >= 0.3 is 46.9 Å². The van der Waals surface area contributed by atoms with Crippen molar-refractivity contribution in [2.24, 2.45) is 0 Å². The number of aliphatic hydroxyl groups excluding tert-OH is 1. The Morgan fingerprint density at radius 2 is 0.568 bits per heavy atom. The molecule has 28 heteroatoms. The Labute approximate surface area is 216 Å². The third-order valence-corrected chi connectivity index (χ3v) is 7.73. The lowest BCUT2D eigenvalue weighted by atomic mass is 11.8. The maximum absolute atomic E-state index is 10.6. The number of rotatable bonds is 9. The fourth-order valence-corrected chi connectivity index (χ4v) is 4.60. The maximum atomic E-state index is 10.6. The van der Waals surface area contributed by atoms with Crippen LogP contribution in [0.2, 0.25) is 0 Å². The van der Waals surface area contributed by atoms with Crippen LogP contribution in [0.1, 0.15) is 37.1 Å². The normalized spacial score (nSPS) is 15.1. The summed E-state index contributed by atoms with van der Waals surface area (Å²) in [5.41, 5.74) is 0. The summed E-state index contributed by atoms with van der Waals surface area (Å²) in [5, 5.41) is 7.00. The summed E-state index contributed by atoms with van der Waals surface area (Å²) in [6.45, 7) is 0. The zero-order valence-electron chi connectivity index (χ0n) is 16.1. The van der Waals surface area contributed by atoms with Gasteiger partial charge in [-0.2, -0.15) is 12.9 Å². The molecule has 0 saturated heterocycles. The van der Waals surface area contributed by atoms with Gasteiger partial charge in [-0.3, -0.25) is 13.6 Å². The summed E-state index contributed by atoms with van der Waals surface area (Å²) in [7, 11) is -25.8. The van der Waals surface area contributed by atoms with Crippen molar-refractivity contribution in [1.29, 1.82) is 0 Å². The minimum atomic E-state index is -5.35. The van der Waals surface area contributed by atoms with Crippen LogP contribution >= 0.6 is 46.9 Å². The second kappa shape index (κ2) is 25.7. The van der Waals surface area contributed by atoms with E-state index in [0.717, 1.165) is 21.3 Å². The van der Waals surface area contributed by atoms with Crippen LogP contribution in [0.15, 0.2) is 0 Å². The van der Waals surface area contributed by atoms with Crippen molar-refractivity contribution in [2.45, 2.75) is 37.1 Å². The highest BCUT2D eigenvalue weighted by atomic mass is 31.3. The largest absolute Gasteiger partial charge is 0.490 e. The van der Waals surface area contributed by atoms with Crippen molar-refractivity contribution in [3.63, 3.8) is 0 Å². The first-order chi connectivity index (χ1) is 13.8. The third-order valence-electron chi connectivity index (χ3n) is 1.32. The summed E-state index contributed by atoms with van der Waals surface area (Å²) < 4.78 is 81.8. The second-order valence-corrected chi connectivity index (χ2v) is 12.5. The van der Waals surface area contributed by atoms with Gasteiger partial charge in [-0.05, 0) is 0 Å². The van der Waals surface area contributed by atoms with Crippen LogP contribution < -0.4 is 0 Å². The zero-order valence-corrected chi connectivity index (χ0v) is 21.4. The molecule has 0 aromatic rings. The van der Waals surface area contributed by atoms with E-state index in [0.29, 0.717) is 7.11 Å². The Morgan fingerprint density at radius 1 is 0.378 bits per heavy atom. The molecule has 0 amide bonds. The summed E-state index contributed by atoms with van der Waals surface area (Å²) in [6.07, 6.45) is 0. The number of aliphatic hydroxyl groups is 1. The van der Waals surface area contributed by atoms with E-state index >= 15 is 0 Å². The van der Waals surface area contributed by atoms with Crippen LogP contribution in [0.25, 0.3) is 0 Å². The molecular formula is C9H42O22P6. The molecule has 0 aromatic heterocycles. The average Bonchev–Trinajstić information content (AvgIpc) is 2.52. The van der Waals surface area contributed by atoms with E-state index in [1.165, 1.54) is 0 Å². The van der Waals surface area contributed by atoms with E-state index in [9.17, 15) is 27.4 Å². The first kappa shape index (κ1) is 61.7. The van der Waals surface area contributed by atoms with E-state index in [1.807, 2.05) is 0 Å². The number of hydrogen-bond donors (Lipinski definition) is 10. The topological polar surface area (TPSA) is 360 Å². The Hall–Kier alpha value is 0.740. The lowest BCUT2D eigenvalue weighted by molar-refractivity contribution is 0.189. The Balaban J connectivity index is -0.0000000435. The number of phosphoric acid groups is 6. The van der Waals surface area contributed by atoms with Crippen molar-refractivity contribution in [3.8, 4) is 0 Å². The van der Waals surface area contributed by atoms with Gasteiger partial charge in [0.25, 0.3) is 0 Å². The van der Waals surface area contributed by atoms with Gasteiger partial charge in [-0.25, -0.2) is 27.4 Å². The van der Waals surface area contributed by atoms with Gasteiger partial charge in [-0.1, -0.05) is 37.1 Å². The highest BCUT2D eigenvalue weighted by Gasteiger charge is 2.39. The Morgan fingerprint density at radius 3 is 0.703 bits per heavy atom. The molecular weight excluding hydrogens is 646 g/mol. The molecule has 10 N–H and O–H groups in total. The van der Waals surface area contributed by atoms with Gasteiger partial charge in [0.2, 0.25) is 0 Å². The molecule has 0 aliphatic heterocycles. The minimum absolute atomic E-state index is 0. The van der Waals surface area contributed by atoms with Crippen molar-refractivity contribution < 1.29 is 103 Å². The van der Waals surface area contributed by atoms with E-state index in [4.69, 9.17) is 49.1 Å². The van der Waals surface area contributed by atoms with Gasteiger partial charge < -0.3 is 49.1 Å². The highest BCUT2D eigenvalue weighted by molar-refractivity contribution is 7.66. The molecule has 0 heterocycles. The number of hydrogen-bond acceptors (Lipinski definition) is 13. The molecule has 3 atom stereocenters. The molecule has 3 unspecified atom stereocenters. The van der Waals surface area contributed by atoms with Gasteiger partial charge in [0, 0.05) is 28.4 Å². The van der Waals surface area contributed by atoms with Crippen LogP contribution in [0.3, 0.4) is 0 Å². The molecule has 22 nitrogen and oxygen atoms in total. The fourth-order valence-electron chi connectivity index (χ4n) is 0.481. The monoisotopic (exact) mass is 688 g/mol. The third kappa shape index (κ3) is 57.6. The van der Waals surface area contributed by atoms with Crippen LogP contribution in [0.5, 0.6) is 0 Å². The van der Waals surface area contributed by atoms with Crippen LogP contribution in [-0.2, 0) is 53.9 Å². The van der Waals surface area contributed by atoms with Gasteiger partial charge in [0.1, 0.15) is 0 Å². The molecule has 0 aliphatic carbocycles. The molecule has 0 saturated carbocycles. The van der Waals surface area contributed by atoms with E-state index < -0.39 is 46.9 Å². The molecule has 37 heavy (non-hydrogen) atoms. The molecule has 0 bridgehead atoms. The summed E-state index contributed by atoms with van der Waals surface area (Å²) in [6, 6.07) is 0. The van der Waals surface area contributed by atoms with Crippen LogP contribution in [-0.4, -0.2) is 77.6 Å². The van der Waals surface area contributed by atoms with Crippen molar-refractivity contribution in [1.82, 2.24) is 0 Å². The molecule has 0 aliphatic rings. The highest BCUT2D eigenvalue weighted by Crippen LogP contribution is 2.66. The van der Waals surface area contributed by atoms with Crippen LogP contribution in [0, 0.1) is 0 Å². The van der Waals surface area contributed by atoms with E-state index in [2.05, 4.69) is 26.5 Å². The Bertz CT molecular complexity index is 794. The molecule has 0 fully saturated rings. The van der Waals surface area contributed by atoms with Crippen molar-refractivity contribution >= 4 is 46.9 Å². The van der Waals surface area contributed by atoms with E-state index in [-0.39, 0.29) is 37.1 Å². The molecule has 0 aromatic carbocycles. The van der Waals surface area contributed by atoms with Gasteiger partial charge in [-0.15, -0.1) is 0 Å². The standard InChI is InChI=1S/CH7O10P3.CH6O7P2.CH5O4P.CH4O.5CH4/c1-9-13(5,6)11-14(7,8)10-12(2,3)4;1-7-10(5,6)8-9(2,3)4;1-5-6(2,3)4;1-2;;;;;/h1H3,(H,5,6)(H,7,8)(H2,2,3,4);1H3,(H,5,6)(H2,2,3,4);1H3,(H2,2,3,4);2H,1H3;5*1H4. The summed E-state index contributed by atoms with van der Waals surface area (Å²) in [4.78, 5) is 72.8. The van der Waals surface area contributed by atoms with Crippen LogP contribution in [0.4, 0.5) is 0 Å². The molecule has 0 rings (SSSR count). The minimum Gasteiger partial charge on any atom is -0.400 e. The fraction of sp³-hybridized carbons (Fsp3) is 1.00. The first-order valence-electron chi connectivity index (χ1n) is 6.21. The predicted octanol–water partition coefficient (Wildman–Crippen LogP) is 2.32. The van der Waals surface area contributed by atoms with Crippen molar-refractivity contribution in [3.05, 3.63) is 0 Å². The second-order valence-electron chi connectivity index (χ2n) is 3.67. The van der Waals surface area contributed by atoms with Crippen molar-refractivity contribution in [2.75, 3.05) is 28.4 Å². The summed E-state index contributed by atoms with van der Waals surface area (Å²) >= 11 is 0. The lowest BCUT2D eigenvalue weighted by Gasteiger charge is -2.14. The van der Waals surface area contributed by atoms with Gasteiger partial charge in [0.05, 0.1) is 0 Å². The van der Waals surface area contributed by atoms with E-state index in [1.54, 1.807) is 0 Å². The maximum Gasteiger partial charge on any atom is 0.490 e. The SMILES string of the molecule is C.C.C.C.C.CO.COP(=O)(O)O.COP(=O)(O)OP(=O)(O)O.COP(=O)(O)OP(=O)(O)OP(=O)(O)O. The smallest absolute Gasteiger partial charge is 0.400 e. The zero-order chi connectivity index (χ0) is 27.2. The first-order valence-corrected chi connectivity index (χ1v) is 15.3. The average molecular weight is 688 g/mol.